The summed E-state index contributed by atoms with van der Waals surface area (Å²) in [6.07, 6.45) is 0.227. The van der Waals surface area contributed by atoms with E-state index in [1.165, 1.54) is 20.8 Å². The van der Waals surface area contributed by atoms with Crippen LogP contribution >= 0.6 is 23.9 Å². The van der Waals surface area contributed by atoms with Crippen molar-refractivity contribution in [2.24, 2.45) is 0 Å². The van der Waals surface area contributed by atoms with E-state index in [0.29, 0.717) is 15.5 Å². The maximum absolute atomic E-state index is 12.7. The van der Waals surface area contributed by atoms with Crippen LogP contribution in [0.15, 0.2) is 21.2 Å². The molecule has 0 aromatic carbocycles. The molecule has 15 heteroatoms. The van der Waals surface area contributed by atoms with E-state index < -0.39 is 15.8 Å². The smallest absolute Gasteiger partial charge is 0.356 e. The summed E-state index contributed by atoms with van der Waals surface area (Å²) in [6.45, 7) is 3.89. The van der Waals surface area contributed by atoms with Gasteiger partial charge >= 0.3 is 5.97 Å². The second-order valence-corrected chi connectivity index (χ2v) is 11.1. The summed E-state index contributed by atoms with van der Waals surface area (Å²) < 4.78 is 38.6. The lowest BCUT2D eigenvalue weighted by molar-refractivity contribution is -0.139. The molecule has 0 aromatic heterocycles. The largest absolute Gasteiger partial charge is 0.477 e. The van der Waals surface area contributed by atoms with E-state index in [1.54, 1.807) is 13.8 Å². The summed E-state index contributed by atoms with van der Waals surface area (Å²) in [7, 11) is -3.52. The molecule has 0 aliphatic carbocycles. The standard InChI is InChI=1S/C18H25N7O5S3/c1-3-29-17(21)15-13(31-24(22-15)9-7-19)5-11-33(27,28)12-6-14-16(18(26)30-4-2)23-25(32-14)10-8-20/h21-23H,3-6,9-12H2,1-2H3. The molecule has 0 unspecified atom stereocenters. The maximum Gasteiger partial charge on any atom is 0.356 e. The average Bonchev–Trinajstić information content (AvgIpc) is 3.36. The number of hydrogen-bond donors (Lipinski definition) is 3. The van der Waals surface area contributed by atoms with Crippen LogP contribution in [0.2, 0.25) is 0 Å². The molecule has 2 heterocycles. The Morgan fingerprint density at radius 1 is 0.970 bits per heavy atom. The van der Waals surface area contributed by atoms with Gasteiger partial charge in [-0.25, -0.2) is 13.2 Å². The summed E-state index contributed by atoms with van der Waals surface area (Å²) >= 11 is 2.28. The molecular formula is C18H25N7O5S3. The summed E-state index contributed by atoms with van der Waals surface area (Å²) in [5.41, 5.74) is 6.17. The zero-order valence-electron chi connectivity index (χ0n) is 18.2. The predicted molar refractivity (Wildman–Crippen MR) is 124 cm³/mol. The van der Waals surface area contributed by atoms with Gasteiger partial charge in [-0.15, -0.1) is 8.83 Å². The molecule has 0 radical (unpaired) electrons. The minimum absolute atomic E-state index is 0.00401. The molecule has 2 aliphatic heterocycles. The van der Waals surface area contributed by atoms with Gasteiger partial charge in [0.1, 0.15) is 24.5 Å². The van der Waals surface area contributed by atoms with Crippen LogP contribution in [0.1, 0.15) is 26.7 Å². The Bertz CT molecular complexity index is 939. The van der Waals surface area contributed by atoms with E-state index in [4.69, 9.17) is 25.4 Å². The quantitative estimate of drug-likeness (QED) is 0.111. The van der Waals surface area contributed by atoms with Crippen LogP contribution in [-0.4, -0.2) is 66.9 Å². The normalized spacial score (nSPS) is 16.7. The molecule has 0 saturated heterocycles. The van der Waals surface area contributed by atoms with Crippen molar-refractivity contribution < 1.29 is 22.7 Å². The molecule has 2 aliphatic rings. The van der Waals surface area contributed by atoms with Gasteiger partial charge in [0.2, 0.25) is 5.90 Å². The molecule has 0 atom stereocenters. The van der Waals surface area contributed by atoms with Crippen molar-refractivity contribution in [1.82, 2.24) is 19.7 Å². The lowest BCUT2D eigenvalue weighted by atomic mass is 10.3. The fourth-order valence-electron chi connectivity index (χ4n) is 2.75. The van der Waals surface area contributed by atoms with Gasteiger partial charge in [-0.3, -0.25) is 5.41 Å². The lowest BCUT2D eigenvalue weighted by Crippen LogP contribution is -2.30. The molecular weight excluding hydrogens is 490 g/mol. The number of rotatable bonds is 12. The Kier molecular flexibility index (Phi) is 10.3. The fourth-order valence-corrected chi connectivity index (χ4v) is 6.13. The number of ether oxygens (including phenoxy) is 2. The number of nitriles is 2. The summed E-state index contributed by atoms with van der Waals surface area (Å²) in [4.78, 5) is 13.3. The Hall–Kier alpha value is -2.43. The third kappa shape index (κ3) is 7.83. The number of carbonyl (C=O) groups is 1. The van der Waals surface area contributed by atoms with Crippen molar-refractivity contribution in [1.29, 1.82) is 15.9 Å². The highest BCUT2D eigenvalue weighted by Gasteiger charge is 2.30. The Morgan fingerprint density at radius 2 is 1.45 bits per heavy atom. The van der Waals surface area contributed by atoms with Gasteiger partial charge in [-0.2, -0.15) is 10.5 Å². The van der Waals surface area contributed by atoms with Gasteiger partial charge in [0.25, 0.3) is 0 Å². The topological polar surface area (TPSA) is 172 Å². The average molecular weight is 516 g/mol. The van der Waals surface area contributed by atoms with Crippen molar-refractivity contribution in [2.45, 2.75) is 26.7 Å². The highest BCUT2D eigenvalue weighted by atomic mass is 32.2. The number of esters is 1. The van der Waals surface area contributed by atoms with E-state index in [0.717, 1.165) is 11.9 Å². The zero-order valence-corrected chi connectivity index (χ0v) is 20.7. The number of nitrogens with zero attached hydrogens (tertiary/aromatic N) is 4. The first kappa shape index (κ1) is 26.8. The second kappa shape index (κ2) is 12.7. The van der Waals surface area contributed by atoms with E-state index in [9.17, 15) is 13.2 Å². The molecule has 33 heavy (non-hydrogen) atoms. The monoisotopic (exact) mass is 515 g/mol. The van der Waals surface area contributed by atoms with Crippen molar-refractivity contribution in [3.8, 4) is 12.1 Å². The fraction of sp³-hybridized carbons (Fsp3) is 0.556. The first-order valence-corrected chi connectivity index (χ1v) is 13.3. The van der Waals surface area contributed by atoms with Crippen molar-refractivity contribution in [2.75, 3.05) is 37.8 Å². The number of sulfone groups is 1. The minimum atomic E-state index is -3.52. The highest BCUT2D eigenvalue weighted by molar-refractivity contribution is 8.01. The van der Waals surface area contributed by atoms with Gasteiger partial charge in [0, 0.05) is 9.81 Å². The molecule has 0 bridgehead atoms. The molecule has 0 spiro atoms. The molecule has 0 aromatic rings. The van der Waals surface area contributed by atoms with Gasteiger partial charge < -0.3 is 20.3 Å². The maximum atomic E-state index is 12.7. The Morgan fingerprint density at radius 3 is 1.94 bits per heavy atom. The Labute approximate surface area is 201 Å². The molecule has 2 rings (SSSR count). The molecule has 0 amide bonds. The number of hydrogen-bond acceptors (Lipinski definition) is 14. The zero-order chi connectivity index (χ0) is 24.4. The summed E-state index contributed by atoms with van der Waals surface area (Å²) in [5, 5.41) is 25.8. The van der Waals surface area contributed by atoms with Gasteiger partial charge in [-0.1, -0.05) is 0 Å². The van der Waals surface area contributed by atoms with Gasteiger partial charge in [0.15, 0.2) is 9.84 Å². The van der Waals surface area contributed by atoms with Gasteiger partial charge in [0.05, 0.1) is 36.9 Å². The van der Waals surface area contributed by atoms with Crippen LogP contribution in [0.25, 0.3) is 0 Å². The van der Waals surface area contributed by atoms with Crippen LogP contribution in [-0.2, 0) is 24.1 Å². The molecule has 180 valence electrons. The summed E-state index contributed by atoms with van der Waals surface area (Å²) in [5.74, 6) is -1.10. The molecule has 0 fully saturated rings. The number of hydrazine groups is 2. The van der Waals surface area contributed by atoms with Crippen LogP contribution in [0.3, 0.4) is 0 Å². The SMILES string of the molecule is CCOC(=N)C1=C(CCS(=O)(=O)CCC2=C(C(=O)OCC)NN(CC#N)S2)SN(CC#N)N1. The van der Waals surface area contributed by atoms with E-state index in [-0.39, 0.29) is 62.2 Å². The number of allylic oxidation sites excluding steroid dienone is 2. The van der Waals surface area contributed by atoms with Gasteiger partial charge in [-0.05, 0) is 50.6 Å². The van der Waals surface area contributed by atoms with Crippen LogP contribution in [0.5, 0.6) is 0 Å². The highest BCUT2D eigenvalue weighted by Crippen LogP contribution is 2.34. The molecule has 3 N–H and O–H groups in total. The minimum Gasteiger partial charge on any atom is -0.477 e. The molecule has 12 nitrogen and oxygen atoms in total. The molecule has 0 saturated carbocycles. The van der Waals surface area contributed by atoms with Crippen LogP contribution in [0.4, 0.5) is 0 Å². The van der Waals surface area contributed by atoms with Crippen LogP contribution in [0, 0.1) is 28.1 Å². The first-order chi connectivity index (χ1) is 15.7. The predicted octanol–water partition coefficient (Wildman–Crippen LogP) is 1.17. The second-order valence-electron chi connectivity index (χ2n) is 6.53. The van der Waals surface area contributed by atoms with E-state index in [1.807, 2.05) is 12.1 Å². The number of nitrogens with one attached hydrogen (secondary N) is 3. The van der Waals surface area contributed by atoms with Crippen LogP contribution < -0.4 is 10.9 Å². The van der Waals surface area contributed by atoms with E-state index in [2.05, 4.69) is 10.9 Å². The van der Waals surface area contributed by atoms with Crippen molar-refractivity contribution in [3.05, 3.63) is 21.2 Å². The Balaban J connectivity index is 2.04. The third-order valence-electron chi connectivity index (χ3n) is 4.18. The van der Waals surface area contributed by atoms with E-state index >= 15 is 0 Å². The lowest BCUT2D eigenvalue weighted by Gasteiger charge is -2.12. The summed E-state index contributed by atoms with van der Waals surface area (Å²) in [6, 6.07) is 3.95. The van der Waals surface area contributed by atoms with Crippen molar-refractivity contribution in [3.63, 3.8) is 0 Å². The number of carbonyl (C=O) groups excluding carboxylic acids is 1. The first-order valence-electron chi connectivity index (χ1n) is 9.98. The third-order valence-corrected chi connectivity index (χ3v) is 7.97. The van der Waals surface area contributed by atoms with Crippen molar-refractivity contribution >= 4 is 45.6 Å².